The molecule has 0 bridgehead atoms. The largest absolute Gasteiger partial charge is 0.492 e. The Morgan fingerprint density at radius 2 is 2.06 bits per heavy atom. The lowest BCUT2D eigenvalue weighted by molar-refractivity contribution is 0.0691. The number of allylic oxidation sites excluding steroid dienone is 2. The minimum absolute atomic E-state index is 0.0231. The molecule has 1 aliphatic rings. The number of rotatable bonds is 2. The van der Waals surface area contributed by atoms with E-state index >= 15 is 0 Å². The fourth-order valence-electron chi connectivity index (χ4n) is 1.72. The van der Waals surface area contributed by atoms with E-state index in [0.717, 1.165) is 6.08 Å². The number of Topliss-reactive ketones (excluding diaryl/α,β-unsaturated/α-hetero) is 1. The number of hydrogen-bond donors (Lipinski definition) is 1. The van der Waals surface area contributed by atoms with Crippen LogP contribution in [-0.4, -0.2) is 29.8 Å². The smallest absolute Gasteiger partial charge is 0.340 e. The Kier molecular flexibility index (Phi) is 2.35. The summed E-state index contributed by atoms with van der Waals surface area (Å²) in [7, 11) is 1.25. The predicted molar refractivity (Wildman–Crippen MR) is 54.2 cm³/mol. The molecule has 1 aromatic heterocycles. The topological polar surface area (TPSA) is 93.8 Å². The molecule has 1 heterocycles. The van der Waals surface area contributed by atoms with Crippen LogP contribution < -0.4 is 0 Å². The Morgan fingerprint density at radius 3 is 2.59 bits per heavy atom. The van der Waals surface area contributed by atoms with Gasteiger partial charge in [-0.2, -0.15) is 0 Å². The van der Waals surface area contributed by atoms with Gasteiger partial charge < -0.3 is 14.3 Å². The normalized spacial score (nSPS) is 14.4. The van der Waals surface area contributed by atoms with Crippen LogP contribution >= 0.6 is 0 Å². The number of aryl methyl sites for hydroxylation is 1. The zero-order chi connectivity index (χ0) is 12.7. The van der Waals surface area contributed by atoms with Crippen molar-refractivity contribution in [2.24, 2.45) is 0 Å². The zero-order valence-corrected chi connectivity index (χ0v) is 9.07. The van der Waals surface area contributed by atoms with Crippen LogP contribution in [0.15, 0.2) is 16.3 Å². The van der Waals surface area contributed by atoms with Gasteiger partial charge in [-0.05, 0) is 6.92 Å². The van der Waals surface area contributed by atoms with Gasteiger partial charge in [-0.1, -0.05) is 0 Å². The summed E-state index contributed by atoms with van der Waals surface area (Å²) in [4.78, 5) is 34.4. The van der Waals surface area contributed by atoms with Crippen molar-refractivity contribution in [3.8, 4) is 0 Å². The van der Waals surface area contributed by atoms with Gasteiger partial charge >= 0.3 is 5.97 Å². The number of carboxylic acids is 1. The lowest BCUT2D eigenvalue weighted by Crippen LogP contribution is -2.18. The molecule has 6 heteroatoms. The van der Waals surface area contributed by atoms with Crippen LogP contribution in [0.1, 0.15) is 37.0 Å². The second kappa shape index (κ2) is 3.58. The van der Waals surface area contributed by atoms with Crippen molar-refractivity contribution < 1.29 is 28.6 Å². The van der Waals surface area contributed by atoms with Crippen molar-refractivity contribution in [1.29, 1.82) is 0 Å². The number of ether oxygens (including phenoxy) is 1. The number of fused-ring (bicyclic) bond motifs is 1. The summed E-state index contributed by atoms with van der Waals surface area (Å²) in [6.07, 6.45) is 0.964. The van der Waals surface area contributed by atoms with E-state index in [0.29, 0.717) is 0 Å². The van der Waals surface area contributed by atoms with Crippen LogP contribution in [-0.2, 0) is 4.74 Å². The maximum absolute atomic E-state index is 11.7. The molecule has 0 spiro atoms. The number of carbonyl (C=O) groups is 3. The maximum Gasteiger partial charge on any atom is 0.340 e. The second-order valence-corrected chi connectivity index (χ2v) is 3.45. The van der Waals surface area contributed by atoms with Crippen LogP contribution in [0.5, 0.6) is 0 Å². The highest BCUT2D eigenvalue weighted by Crippen LogP contribution is 2.29. The van der Waals surface area contributed by atoms with Gasteiger partial charge in [0.25, 0.3) is 5.78 Å². The van der Waals surface area contributed by atoms with Gasteiger partial charge in [-0.25, -0.2) is 4.79 Å². The molecule has 1 N–H and O–H groups in total. The highest BCUT2D eigenvalue weighted by Gasteiger charge is 2.36. The van der Waals surface area contributed by atoms with Crippen LogP contribution in [0.4, 0.5) is 0 Å². The number of carbonyl (C=O) groups excluding carboxylic acids is 2. The van der Waals surface area contributed by atoms with Gasteiger partial charge in [0.2, 0.25) is 0 Å². The summed E-state index contributed by atoms with van der Waals surface area (Å²) >= 11 is 0. The number of aromatic carboxylic acids is 1. The summed E-state index contributed by atoms with van der Waals surface area (Å²) in [5.41, 5.74) is -0.481. The molecule has 17 heavy (non-hydrogen) atoms. The molecular formula is C11H8O6. The monoisotopic (exact) mass is 236 g/mol. The first-order chi connectivity index (χ1) is 7.97. The van der Waals surface area contributed by atoms with Gasteiger partial charge in [0.05, 0.1) is 12.7 Å². The lowest BCUT2D eigenvalue weighted by Gasteiger charge is -2.08. The summed E-state index contributed by atoms with van der Waals surface area (Å²) in [5, 5.41) is 8.96. The van der Waals surface area contributed by atoms with Gasteiger partial charge in [-0.15, -0.1) is 0 Å². The Morgan fingerprint density at radius 1 is 1.41 bits per heavy atom. The predicted octanol–water partition coefficient (Wildman–Crippen LogP) is 1.20. The average molecular weight is 236 g/mol. The molecule has 0 fully saturated rings. The van der Waals surface area contributed by atoms with Crippen molar-refractivity contribution in [3.63, 3.8) is 0 Å². The molecule has 0 aromatic carbocycles. The molecule has 88 valence electrons. The Bertz CT molecular complexity index is 575. The summed E-state index contributed by atoms with van der Waals surface area (Å²) in [6.45, 7) is 1.38. The highest BCUT2D eigenvalue weighted by molar-refractivity contribution is 6.25. The molecule has 0 atom stereocenters. The molecule has 0 saturated heterocycles. The SMILES string of the molecule is COC1=CC(=O)c2c(oc(C)c2C(=O)O)C1=O. The maximum atomic E-state index is 11.7. The number of carboxylic acid groups (broad SMARTS) is 1. The number of hydrogen-bond acceptors (Lipinski definition) is 5. The molecule has 0 amide bonds. The minimum atomic E-state index is -1.30. The summed E-state index contributed by atoms with van der Waals surface area (Å²) < 4.78 is 9.76. The molecule has 0 aliphatic heterocycles. The first-order valence-electron chi connectivity index (χ1n) is 4.68. The van der Waals surface area contributed by atoms with Crippen molar-refractivity contribution in [1.82, 2.24) is 0 Å². The third-order valence-corrected chi connectivity index (χ3v) is 2.46. The molecule has 1 aliphatic carbocycles. The Hall–Kier alpha value is -2.37. The Labute approximate surface area is 95.5 Å². The zero-order valence-electron chi connectivity index (χ0n) is 9.07. The molecule has 2 rings (SSSR count). The van der Waals surface area contributed by atoms with E-state index in [2.05, 4.69) is 0 Å². The summed E-state index contributed by atoms with van der Waals surface area (Å²) in [6, 6.07) is 0. The van der Waals surface area contributed by atoms with Crippen LogP contribution in [0.25, 0.3) is 0 Å². The molecule has 0 radical (unpaired) electrons. The van der Waals surface area contributed by atoms with Gasteiger partial charge in [-0.3, -0.25) is 9.59 Å². The molecule has 0 unspecified atom stereocenters. The van der Waals surface area contributed by atoms with E-state index in [1.54, 1.807) is 0 Å². The minimum Gasteiger partial charge on any atom is -0.492 e. The van der Waals surface area contributed by atoms with Crippen LogP contribution in [0, 0.1) is 6.92 Å². The van der Waals surface area contributed by atoms with E-state index in [1.165, 1.54) is 14.0 Å². The fourth-order valence-corrected chi connectivity index (χ4v) is 1.72. The van der Waals surface area contributed by atoms with Gasteiger partial charge in [0.1, 0.15) is 11.3 Å². The Balaban J connectivity index is 2.71. The quantitative estimate of drug-likeness (QED) is 0.828. The highest BCUT2D eigenvalue weighted by atomic mass is 16.5. The van der Waals surface area contributed by atoms with E-state index in [4.69, 9.17) is 14.3 Å². The van der Waals surface area contributed by atoms with E-state index in [9.17, 15) is 14.4 Å². The third-order valence-electron chi connectivity index (χ3n) is 2.46. The van der Waals surface area contributed by atoms with Crippen molar-refractivity contribution in [3.05, 3.63) is 34.5 Å². The molecule has 1 aromatic rings. The number of furan rings is 1. The standard InChI is InChI=1S/C11H8O6/c1-4-7(11(14)15)8-5(12)3-6(16-2)9(13)10(8)17-4/h3H,1-2H3,(H,14,15). The van der Waals surface area contributed by atoms with Crippen LogP contribution in [0.3, 0.4) is 0 Å². The first-order valence-corrected chi connectivity index (χ1v) is 4.68. The number of ketones is 2. The average Bonchev–Trinajstić information content (AvgIpc) is 2.61. The van der Waals surface area contributed by atoms with Gasteiger partial charge in [0.15, 0.2) is 17.3 Å². The first kappa shape index (κ1) is 11.1. The van der Waals surface area contributed by atoms with Gasteiger partial charge in [0, 0.05) is 6.08 Å². The molecule has 0 saturated carbocycles. The van der Waals surface area contributed by atoms with E-state index < -0.39 is 17.5 Å². The van der Waals surface area contributed by atoms with E-state index in [-0.39, 0.29) is 28.4 Å². The van der Waals surface area contributed by atoms with E-state index in [1.807, 2.05) is 0 Å². The fraction of sp³-hybridized carbons (Fsp3) is 0.182. The van der Waals surface area contributed by atoms with Crippen molar-refractivity contribution in [2.45, 2.75) is 6.92 Å². The van der Waals surface area contributed by atoms with Crippen LogP contribution in [0.2, 0.25) is 0 Å². The third kappa shape index (κ3) is 1.45. The van der Waals surface area contributed by atoms with Crippen molar-refractivity contribution in [2.75, 3.05) is 7.11 Å². The van der Waals surface area contributed by atoms with Crippen molar-refractivity contribution >= 4 is 17.5 Å². The second-order valence-electron chi connectivity index (χ2n) is 3.45. The number of methoxy groups -OCH3 is 1. The molecule has 6 nitrogen and oxygen atoms in total. The summed E-state index contributed by atoms with van der Waals surface area (Å²) in [5.74, 6) is -2.95. The lowest BCUT2D eigenvalue weighted by atomic mass is 9.97. The molecular weight excluding hydrogens is 228 g/mol.